The zero-order valence-corrected chi connectivity index (χ0v) is 20.9. The fourth-order valence-electron chi connectivity index (χ4n) is 4.13. The molecule has 0 aliphatic carbocycles. The van der Waals surface area contributed by atoms with Crippen LogP contribution in [-0.4, -0.2) is 9.97 Å². The second-order valence-electron chi connectivity index (χ2n) is 7.92. The van der Waals surface area contributed by atoms with Crippen LogP contribution in [0.25, 0.3) is 43.7 Å². The van der Waals surface area contributed by atoms with Crippen LogP contribution in [0.3, 0.4) is 0 Å². The fourth-order valence-corrected chi connectivity index (χ4v) is 4.13. The monoisotopic (exact) mass is 604 g/mol. The van der Waals surface area contributed by atoms with Gasteiger partial charge >= 0.3 is 0 Å². The Morgan fingerprint density at radius 2 is 1.39 bits per heavy atom. The molecule has 0 bridgehead atoms. The molecule has 0 saturated heterocycles. The molecule has 2 nitrogen and oxygen atoms in total. The molecule has 2 heterocycles. The predicted molar refractivity (Wildman–Crippen MR) is 135 cm³/mol. The predicted octanol–water partition coefficient (Wildman–Crippen LogP) is 7.70. The zero-order chi connectivity index (χ0) is 21.9. The van der Waals surface area contributed by atoms with E-state index in [1.807, 2.05) is 54.9 Å². The Kier molecular flexibility index (Phi) is 6.93. The van der Waals surface area contributed by atoms with Crippen molar-refractivity contribution in [3.8, 4) is 11.3 Å². The van der Waals surface area contributed by atoms with E-state index >= 15 is 0 Å². The van der Waals surface area contributed by atoms with Crippen LogP contribution in [0.2, 0.25) is 0 Å². The van der Waals surface area contributed by atoms with Gasteiger partial charge in [0.05, 0.1) is 5.69 Å². The minimum absolute atomic E-state index is 0. The molecule has 0 amide bonds. The normalized spacial score (nSPS) is 10.5. The van der Waals surface area contributed by atoms with E-state index in [4.69, 9.17) is 0 Å². The van der Waals surface area contributed by atoms with E-state index < -0.39 is 0 Å². The van der Waals surface area contributed by atoms with Crippen LogP contribution in [0.4, 0.5) is 0 Å². The molecule has 0 fully saturated rings. The molecule has 6 rings (SSSR count). The van der Waals surface area contributed by atoms with Gasteiger partial charge in [-0.05, 0) is 46.3 Å². The van der Waals surface area contributed by atoms with Gasteiger partial charge in [0.1, 0.15) is 0 Å². The number of rotatable bonds is 1. The van der Waals surface area contributed by atoms with Crippen molar-refractivity contribution in [2.24, 2.45) is 0 Å². The molecular formula is C30H23IrN2-. The molecule has 0 unspecified atom stereocenters. The van der Waals surface area contributed by atoms with Gasteiger partial charge in [0.15, 0.2) is 0 Å². The van der Waals surface area contributed by atoms with Gasteiger partial charge < -0.3 is 4.98 Å². The van der Waals surface area contributed by atoms with Crippen molar-refractivity contribution in [2.45, 2.75) is 13.8 Å². The van der Waals surface area contributed by atoms with Crippen LogP contribution in [0.15, 0.2) is 103 Å². The van der Waals surface area contributed by atoms with Crippen molar-refractivity contribution in [1.82, 2.24) is 9.97 Å². The van der Waals surface area contributed by atoms with E-state index in [0.29, 0.717) is 0 Å². The van der Waals surface area contributed by atoms with E-state index in [0.717, 1.165) is 16.6 Å². The number of aryl methyl sites for hydroxylation is 2. The van der Waals surface area contributed by atoms with Gasteiger partial charge in [-0.25, -0.2) is 0 Å². The van der Waals surface area contributed by atoms with Crippen molar-refractivity contribution in [3.63, 3.8) is 0 Å². The number of nitrogens with zero attached hydrogens (tertiary/aromatic N) is 2. The average Bonchev–Trinajstić information content (AvgIpc) is 2.85. The molecule has 163 valence electrons. The Morgan fingerprint density at radius 1 is 0.636 bits per heavy atom. The third kappa shape index (κ3) is 4.57. The average molecular weight is 604 g/mol. The number of aromatic nitrogens is 2. The second-order valence-corrected chi connectivity index (χ2v) is 7.92. The summed E-state index contributed by atoms with van der Waals surface area (Å²) in [5.74, 6) is 0. The van der Waals surface area contributed by atoms with Crippen molar-refractivity contribution in [3.05, 3.63) is 121 Å². The van der Waals surface area contributed by atoms with Crippen LogP contribution < -0.4 is 0 Å². The summed E-state index contributed by atoms with van der Waals surface area (Å²) < 4.78 is 0. The summed E-state index contributed by atoms with van der Waals surface area (Å²) in [7, 11) is 0. The maximum atomic E-state index is 4.65. The molecule has 0 aliphatic heterocycles. The summed E-state index contributed by atoms with van der Waals surface area (Å²) in [4.78, 5) is 8.96. The van der Waals surface area contributed by atoms with E-state index in [-0.39, 0.29) is 20.1 Å². The van der Waals surface area contributed by atoms with Gasteiger partial charge in [-0.3, -0.25) is 4.98 Å². The molecule has 3 heteroatoms. The smallest absolute Gasteiger partial charge is 0.0704 e. The molecule has 0 aliphatic rings. The van der Waals surface area contributed by atoms with Gasteiger partial charge in [0, 0.05) is 38.1 Å². The van der Waals surface area contributed by atoms with Crippen molar-refractivity contribution in [2.75, 3.05) is 0 Å². The summed E-state index contributed by atoms with van der Waals surface area (Å²) in [6.07, 6.45) is 3.77. The van der Waals surface area contributed by atoms with Crippen LogP contribution in [0.5, 0.6) is 0 Å². The van der Waals surface area contributed by atoms with Crippen LogP contribution in [0, 0.1) is 19.9 Å². The minimum Gasteiger partial charge on any atom is -0.303 e. The third-order valence-electron chi connectivity index (χ3n) is 5.83. The van der Waals surface area contributed by atoms with Crippen molar-refractivity contribution < 1.29 is 20.1 Å². The Balaban J connectivity index is 0.000000164. The number of pyridine rings is 2. The van der Waals surface area contributed by atoms with E-state index in [2.05, 4.69) is 78.4 Å². The first-order valence-corrected chi connectivity index (χ1v) is 10.8. The summed E-state index contributed by atoms with van der Waals surface area (Å²) in [6.45, 7) is 4.23. The van der Waals surface area contributed by atoms with Gasteiger partial charge in [0.25, 0.3) is 0 Å². The summed E-state index contributed by atoms with van der Waals surface area (Å²) in [5.41, 5.74) is 5.83. The number of benzene rings is 4. The number of fused-ring (bicyclic) bond motifs is 5. The molecule has 6 aromatic rings. The Morgan fingerprint density at radius 3 is 2.21 bits per heavy atom. The Hall–Kier alpha value is -3.39. The van der Waals surface area contributed by atoms with Crippen LogP contribution in [0.1, 0.15) is 11.1 Å². The first kappa shape index (κ1) is 22.8. The molecule has 1 radical (unpaired) electrons. The van der Waals surface area contributed by atoms with Crippen molar-refractivity contribution in [1.29, 1.82) is 0 Å². The van der Waals surface area contributed by atoms with Crippen LogP contribution >= 0.6 is 0 Å². The maximum absolute atomic E-state index is 4.65. The number of hydrogen-bond donors (Lipinski definition) is 0. The largest absolute Gasteiger partial charge is 0.303 e. The molecule has 0 saturated carbocycles. The third-order valence-corrected chi connectivity index (χ3v) is 5.83. The molecule has 0 N–H and O–H groups in total. The second kappa shape index (κ2) is 10.0. The first-order chi connectivity index (χ1) is 15.7. The van der Waals surface area contributed by atoms with Crippen molar-refractivity contribution >= 4 is 32.4 Å². The topological polar surface area (TPSA) is 25.8 Å². The van der Waals surface area contributed by atoms with Gasteiger partial charge in [-0.1, -0.05) is 73.7 Å². The molecule has 2 aromatic heterocycles. The van der Waals surface area contributed by atoms with E-state index in [1.165, 1.54) is 38.2 Å². The quantitative estimate of drug-likeness (QED) is 0.142. The van der Waals surface area contributed by atoms with Gasteiger partial charge in [-0.2, -0.15) is 0 Å². The Labute approximate surface area is 207 Å². The summed E-state index contributed by atoms with van der Waals surface area (Å²) >= 11 is 0. The van der Waals surface area contributed by atoms with Gasteiger partial charge in [-0.15, -0.1) is 34.5 Å². The molecular weight excluding hydrogens is 581 g/mol. The summed E-state index contributed by atoms with van der Waals surface area (Å²) in [6, 6.07) is 34.4. The zero-order valence-electron chi connectivity index (χ0n) is 18.5. The molecule has 0 atom stereocenters. The van der Waals surface area contributed by atoms with Gasteiger partial charge in [0.2, 0.25) is 0 Å². The fraction of sp³-hybridized carbons (Fsp3) is 0.0667. The minimum atomic E-state index is 0. The first-order valence-electron chi connectivity index (χ1n) is 10.8. The van der Waals surface area contributed by atoms with E-state index in [1.54, 1.807) is 0 Å². The SMILES string of the molecule is Cc1cc[c-]c2c1ccc1c3ccccc3cnc21.Cc1ccccc1-c1ccccn1.[Ir]. The Bertz CT molecular complexity index is 1540. The van der Waals surface area contributed by atoms with Crippen LogP contribution in [-0.2, 0) is 20.1 Å². The number of hydrogen-bond acceptors (Lipinski definition) is 2. The van der Waals surface area contributed by atoms with E-state index in [9.17, 15) is 0 Å². The standard InChI is InChI=1S/C18H12N.C12H11N.Ir/c1-12-5-4-8-16-14(12)9-10-17-15-7-3-2-6-13(15)11-19-18(16)17;1-10-6-2-3-7-11(10)12-8-4-5-9-13-12;/h2-7,9-11H,1H3;2-9H,1H3;/q-1;;. The molecule has 33 heavy (non-hydrogen) atoms. The maximum Gasteiger partial charge on any atom is 0.0704 e. The summed E-state index contributed by atoms with van der Waals surface area (Å²) in [5, 5.41) is 5.99. The molecule has 4 aromatic carbocycles. The molecule has 0 spiro atoms.